The number of hydrogen-bond acceptors (Lipinski definition) is 5. The Morgan fingerprint density at radius 2 is 2.00 bits per heavy atom. The Morgan fingerprint density at radius 3 is 2.71 bits per heavy atom. The number of aromatic hydroxyl groups is 1. The lowest BCUT2D eigenvalue weighted by Crippen LogP contribution is -2.08. The van der Waals surface area contributed by atoms with Crippen LogP contribution in [-0.2, 0) is 0 Å². The Hall–Kier alpha value is -3.59. The standard InChI is InChI=1S/C18H13N3O3/c1-11-3-2-4-14(17(11)22)15-9-16(21-20-15)18(23)24-13-7-5-12(10-19)6-8-13/h2-9,22H,1H3,(H,20,21). The minimum absolute atomic E-state index is 0.121. The molecule has 3 aromatic rings. The number of aromatic nitrogens is 2. The highest BCUT2D eigenvalue weighted by Crippen LogP contribution is 2.30. The maximum Gasteiger partial charge on any atom is 0.361 e. The molecule has 0 aliphatic carbocycles. The van der Waals surface area contributed by atoms with Gasteiger partial charge in [0, 0.05) is 5.56 Å². The predicted octanol–water partition coefficient (Wildman–Crippen LogP) is 3.18. The van der Waals surface area contributed by atoms with Crippen LogP contribution in [0.1, 0.15) is 21.6 Å². The molecule has 0 radical (unpaired) electrons. The molecule has 24 heavy (non-hydrogen) atoms. The van der Waals surface area contributed by atoms with E-state index < -0.39 is 5.97 Å². The molecule has 1 aromatic heterocycles. The van der Waals surface area contributed by atoms with E-state index in [4.69, 9.17) is 10.00 Å². The third-order valence-corrected chi connectivity index (χ3v) is 3.51. The molecule has 0 aliphatic heterocycles. The van der Waals surface area contributed by atoms with Gasteiger partial charge in [0.1, 0.15) is 17.2 Å². The number of hydrogen-bond donors (Lipinski definition) is 2. The number of phenolic OH excluding ortho intramolecular Hbond substituents is 1. The van der Waals surface area contributed by atoms with E-state index in [-0.39, 0.29) is 11.4 Å². The molecule has 0 amide bonds. The largest absolute Gasteiger partial charge is 0.507 e. The number of nitrogens with one attached hydrogen (secondary N) is 1. The fraction of sp³-hybridized carbons (Fsp3) is 0.0556. The van der Waals surface area contributed by atoms with Gasteiger partial charge in [0.25, 0.3) is 0 Å². The molecule has 3 rings (SSSR count). The number of benzene rings is 2. The van der Waals surface area contributed by atoms with Gasteiger partial charge in [-0.05, 0) is 48.9 Å². The number of ether oxygens (including phenoxy) is 1. The zero-order chi connectivity index (χ0) is 17.1. The molecule has 1 heterocycles. The summed E-state index contributed by atoms with van der Waals surface area (Å²) in [5.74, 6) is -0.157. The third-order valence-electron chi connectivity index (χ3n) is 3.51. The molecule has 2 aromatic carbocycles. The fourth-order valence-corrected chi connectivity index (χ4v) is 2.19. The maximum absolute atomic E-state index is 12.1. The van der Waals surface area contributed by atoms with E-state index in [9.17, 15) is 9.90 Å². The molecule has 0 aliphatic rings. The van der Waals surface area contributed by atoms with Crippen molar-refractivity contribution >= 4 is 5.97 Å². The van der Waals surface area contributed by atoms with Crippen molar-refractivity contribution in [1.29, 1.82) is 5.26 Å². The molecule has 0 saturated heterocycles. The van der Waals surface area contributed by atoms with Crippen LogP contribution in [0.15, 0.2) is 48.5 Å². The summed E-state index contributed by atoms with van der Waals surface area (Å²) in [5, 5.41) is 25.5. The van der Waals surface area contributed by atoms with Crippen LogP contribution >= 0.6 is 0 Å². The molecule has 0 fully saturated rings. The van der Waals surface area contributed by atoms with Crippen LogP contribution in [0, 0.1) is 18.3 Å². The SMILES string of the molecule is Cc1cccc(-c2cc(C(=O)Oc3ccc(C#N)cc3)[nH]n2)c1O. The van der Waals surface area contributed by atoms with Crippen molar-refractivity contribution in [2.24, 2.45) is 0 Å². The van der Waals surface area contributed by atoms with Gasteiger partial charge in [-0.1, -0.05) is 12.1 Å². The first kappa shape index (κ1) is 15.3. The van der Waals surface area contributed by atoms with Crippen LogP contribution in [0.3, 0.4) is 0 Å². The maximum atomic E-state index is 12.1. The molecule has 6 heteroatoms. The quantitative estimate of drug-likeness (QED) is 0.570. The molecule has 118 valence electrons. The van der Waals surface area contributed by atoms with E-state index in [0.717, 1.165) is 5.56 Å². The van der Waals surface area contributed by atoms with Crippen LogP contribution in [0.25, 0.3) is 11.3 Å². The zero-order valence-corrected chi connectivity index (χ0v) is 12.8. The summed E-state index contributed by atoms with van der Waals surface area (Å²) >= 11 is 0. The Kier molecular flexibility index (Phi) is 4.00. The van der Waals surface area contributed by atoms with Gasteiger partial charge in [0.2, 0.25) is 0 Å². The highest BCUT2D eigenvalue weighted by molar-refractivity contribution is 5.90. The average Bonchev–Trinajstić information content (AvgIpc) is 3.08. The Morgan fingerprint density at radius 1 is 1.25 bits per heavy atom. The lowest BCUT2D eigenvalue weighted by atomic mass is 10.1. The number of rotatable bonds is 3. The number of aryl methyl sites for hydroxylation is 1. The first-order valence-electron chi connectivity index (χ1n) is 7.15. The average molecular weight is 319 g/mol. The van der Waals surface area contributed by atoms with Gasteiger partial charge in [-0.3, -0.25) is 5.10 Å². The van der Waals surface area contributed by atoms with E-state index in [0.29, 0.717) is 22.6 Å². The number of aromatic amines is 1. The fourth-order valence-electron chi connectivity index (χ4n) is 2.19. The normalized spacial score (nSPS) is 10.2. The van der Waals surface area contributed by atoms with Gasteiger partial charge in [-0.2, -0.15) is 10.4 Å². The van der Waals surface area contributed by atoms with E-state index in [2.05, 4.69) is 10.2 Å². The number of nitriles is 1. The van der Waals surface area contributed by atoms with Crippen molar-refractivity contribution < 1.29 is 14.6 Å². The van der Waals surface area contributed by atoms with E-state index in [1.807, 2.05) is 6.07 Å². The smallest absolute Gasteiger partial charge is 0.361 e. The van der Waals surface area contributed by atoms with Gasteiger partial charge >= 0.3 is 5.97 Å². The van der Waals surface area contributed by atoms with Gasteiger partial charge in [-0.25, -0.2) is 4.79 Å². The highest BCUT2D eigenvalue weighted by atomic mass is 16.5. The van der Waals surface area contributed by atoms with Gasteiger partial charge < -0.3 is 9.84 Å². The van der Waals surface area contributed by atoms with Crippen molar-refractivity contribution in [2.75, 3.05) is 0 Å². The molecule has 2 N–H and O–H groups in total. The van der Waals surface area contributed by atoms with Gasteiger partial charge in [-0.15, -0.1) is 0 Å². The molecule has 0 saturated carbocycles. The van der Waals surface area contributed by atoms with E-state index in [1.54, 1.807) is 49.4 Å². The van der Waals surface area contributed by atoms with Crippen molar-refractivity contribution in [3.8, 4) is 28.8 Å². The van der Waals surface area contributed by atoms with Crippen LogP contribution in [0.2, 0.25) is 0 Å². The summed E-state index contributed by atoms with van der Waals surface area (Å²) in [7, 11) is 0. The predicted molar refractivity (Wildman–Crippen MR) is 86.5 cm³/mol. The minimum Gasteiger partial charge on any atom is -0.507 e. The number of H-pyrrole nitrogens is 1. The number of carbonyl (C=O) groups excluding carboxylic acids is 1. The number of phenols is 1. The summed E-state index contributed by atoms with van der Waals surface area (Å²) in [4.78, 5) is 12.1. The molecule has 0 atom stereocenters. The molecule has 0 spiro atoms. The van der Waals surface area contributed by atoms with Crippen molar-refractivity contribution in [2.45, 2.75) is 6.92 Å². The Bertz CT molecular complexity index is 937. The van der Waals surface area contributed by atoms with E-state index in [1.165, 1.54) is 6.07 Å². The van der Waals surface area contributed by atoms with Crippen LogP contribution in [0.4, 0.5) is 0 Å². The number of nitrogens with zero attached hydrogens (tertiary/aromatic N) is 2. The monoisotopic (exact) mass is 319 g/mol. The number of carbonyl (C=O) groups is 1. The first-order valence-corrected chi connectivity index (χ1v) is 7.15. The third kappa shape index (κ3) is 2.96. The molecular weight excluding hydrogens is 306 g/mol. The topological polar surface area (TPSA) is 99.0 Å². The molecule has 6 nitrogen and oxygen atoms in total. The summed E-state index contributed by atoms with van der Waals surface area (Å²) in [6.07, 6.45) is 0. The van der Waals surface area contributed by atoms with Crippen molar-refractivity contribution in [1.82, 2.24) is 10.2 Å². The second-order valence-electron chi connectivity index (χ2n) is 5.16. The molecule has 0 unspecified atom stereocenters. The molecule has 0 bridgehead atoms. The summed E-state index contributed by atoms with van der Waals surface area (Å²) in [6, 6.07) is 15.0. The summed E-state index contributed by atoms with van der Waals surface area (Å²) < 4.78 is 5.22. The molecular formula is C18H13N3O3. The van der Waals surface area contributed by atoms with Gasteiger partial charge in [0.05, 0.1) is 17.3 Å². The second-order valence-corrected chi connectivity index (χ2v) is 5.16. The lowest BCUT2D eigenvalue weighted by Gasteiger charge is -2.03. The van der Waals surface area contributed by atoms with Crippen LogP contribution in [0.5, 0.6) is 11.5 Å². The van der Waals surface area contributed by atoms with Crippen molar-refractivity contribution in [3.05, 3.63) is 65.4 Å². The second kappa shape index (κ2) is 6.26. The number of para-hydroxylation sites is 1. The lowest BCUT2D eigenvalue weighted by molar-refractivity contribution is 0.0728. The Labute approximate surface area is 137 Å². The zero-order valence-electron chi connectivity index (χ0n) is 12.8. The Balaban J connectivity index is 1.81. The van der Waals surface area contributed by atoms with E-state index >= 15 is 0 Å². The summed E-state index contributed by atoms with van der Waals surface area (Å²) in [5.41, 5.74) is 2.34. The van der Waals surface area contributed by atoms with Crippen molar-refractivity contribution in [3.63, 3.8) is 0 Å². The van der Waals surface area contributed by atoms with Crippen LogP contribution < -0.4 is 4.74 Å². The first-order chi connectivity index (χ1) is 11.6. The minimum atomic E-state index is -0.606. The van der Waals surface area contributed by atoms with Gasteiger partial charge in [0.15, 0.2) is 0 Å². The van der Waals surface area contributed by atoms with Crippen LogP contribution in [-0.4, -0.2) is 21.3 Å². The number of esters is 1. The highest BCUT2D eigenvalue weighted by Gasteiger charge is 2.15. The summed E-state index contributed by atoms with van der Waals surface area (Å²) in [6.45, 7) is 1.78.